The molecule has 0 saturated carbocycles. The van der Waals surface area contributed by atoms with Crippen LogP contribution in [0.2, 0.25) is 10.0 Å². The van der Waals surface area contributed by atoms with Crippen LogP contribution in [0.1, 0.15) is 6.92 Å². The monoisotopic (exact) mass is 266 g/mol. The Morgan fingerprint density at radius 1 is 1.06 bits per heavy atom. The summed E-state index contributed by atoms with van der Waals surface area (Å²) in [4.78, 5) is 0. The van der Waals surface area contributed by atoms with Crippen molar-refractivity contribution < 1.29 is 4.74 Å². The Labute approximate surface area is 111 Å². The first-order valence-corrected chi connectivity index (χ1v) is 6.15. The molecule has 0 heterocycles. The first kappa shape index (κ1) is 12.3. The van der Waals surface area contributed by atoms with Gasteiger partial charge in [0.2, 0.25) is 0 Å². The van der Waals surface area contributed by atoms with Gasteiger partial charge < -0.3 is 4.74 Å². The molecular weight excluding hydrogens is 255 g/mol. The fourth-order valence-corrected chi connectivity index (χ4v) is 2.23. The summed E-state index contributed by atoms with van der Waals surface area (Å²) < 4.78 is 5.59. The molecule has 17 heavy (non-hydrogen) atoms. The van der Waals surface area contributed by atoms with Gasteiger partial charge >= 0.3 is 0 Å². The van der Waals surface area contributed by atoms with Gasteiger partial charge in [0.05, 0.1) is 11.6 Å². The second kappa shape index (κ2) is 5.44. The summed E-state index contributed by atoms with van der Waals surface area (Å²) in [5.74, 6) is 0.685. The molecule has 0 aromatic heterocycles. The van der Waals surface area contributed by atoms with E-state index in [9.17, 15) is 0 Å². The van der Waals surface area contributed by atoms with Crippen molar-refractivity contribution in [2.75, 3.05) is 6.61 Å². The van der Waals surface area contributed by atoms with Gasteiger partial charge in [-0.2, -0.15) is 0 Å². The molecule has 3 heteroatoms. The van der Waals surface area contributed by atoms with Crippen LogP contribution in [0, 0.1) is 0 Å². The van der Waals surface area contributed by atoms with Gasteiger partial charge in [-0.25, -0.2) is 0 Å². The van der Waals surface area contributed by atoms with Crippen molar-refractivity contribution >= 4 is 23.2 Å². The molecule has 2 aromatic carbocycles. The first-order chi connectivity index (χ1) is 8.22. The molecule has 0 N–H and O–H groups in total. The van der Waals surface area contributed by atoms with Crippen LogP contribution < -0.4 is 4.74 Å². The second-order valence-electron chi connectivity index (χ2n) is 3.56. The predicted octanol–water partition coefficient (Wildman–Crippen LogP) is 5.06. The van der Waals surface area contributed by atoms with Gasteiger partial charge in [-0.15, -0.1) is 0 Å². The lowest BCUT2D eigenvalue weighted by molar-refractivity contribution is 0.342. The number of ether oxygens (including phenoxy) is 1. The van der Waals surface area contributed by atoms with E-state index < -0.39 is 0 Å². The van der Waals surface area contributed by atoms with Gasteiger partial charge in [0.1, 0.15) is 5.75 Å². The molecule has 1 nitrogen and oxygen atoms in total. The molecule has 0 radical (unpaired) electrons. The van der Waals surface area contributed by atoms with Crippen LogP contribution in [0.5, 0.6) is 5.75 Å². The molecule has 0 aliphatic carbocycles. The van der Waals surface area contributed by atoms with Gasteiger partial charge in [0, 0.05) is 10.6 Å². The maximum atomic E-state index is 6.15. The van der Waals surface area contributed by atoms with Crippen LogP contribution in [0.15, 0.2) is 42.5 Å². The van der Waals surface area contributed by atoms with Gasteiger partial charge in [-0.3, -0.25) is 0 Å². The van der Waals surface area contributed by atoms with Crippen molar-refractivity contribution in [2.45, 2.75) is 6.92 Å². The Balaban J connectivity index is 2.59. The Morgan fingerprint density at radius 3 is 2.41 bits per heavy atom. The molecule has 0 aliphatic heterocycles. The summed E-state index contributed by atoms with van der Waals surface area (Å²) >= 11 is 12.2. The second-order valence-corrected chi connectivity index (χ2v) is 4.41. The molecule has 0 fully saturated rings. The smallest absolute Gasteiger partial charge is 0.145 e. The van der Waals surface area contributed by atoms with Gasteiger partial charge in [-0.1, -0.05) is 53.5 Å². The lowest BCUT2D eigenvalue weighted by Crippen LogP contribution is -1.95. The maximum Gasteiger partial charge on any atom is 0.145 e. The molecule has 88 valence electrons. The summed E-state index contributed by atoms with van der Waals surface area (Å²) in [6, 6.07) is 13.5. The molecular formula is C14H12Cl2O. The average Bonchev–Trinajstić information content (AvgIpc) is 2.33. The van der Waals surface area contributed by atoms with Crippen molar-refractivity contribution in [1.82, 2.24) is 0 Å². The van der Waals surface area contributed by atoms with E-state index in [2.05, 4.69) is 0 Å². The number of benzene rings is 2. The van der Waals surface area contributed by atoms with E-state index in [1.54, 1.807) is 6.07 Å². The molecule has 0 spiro atoms. The number of hydrogen-bond donors (Lipinski definition) is 0. The standard InChI is InChI=1S/C14H12Cl2O/c1-2-17-14-12(8-11(15)9-13(14)16)10-6-4-3-5-7-10/h3-9H,2H2,1H3. The largest absolute Gasteiger partial charge is 0.492 e. The van der Waals surface area contributed by atoms with Crippen molar-refractivity contribution in [3.8, 4) is 16.9 Å². The molecule has 0 saturated heterocycles. The third-order valence-electron chi connectivity index (χ3n) is 2.38. The lowest BCUT2D eigenvalue weighted by atomic mass is 10.0. The molecule has 0 amide bonds. The SMILES string of the molecule is CCOc1c(Cl)cc(Cl)cc1-c1ccccc1. The van der Waals surface area contributed by atoms with Crippen molar-refractivity contribution in [3.05, 3.63) is 52.5 Å². The van der Waals surface area contributed by atoms with Crippen LogP contribution >= 0.6 is 23.2 Å². The van der Waals surface area contributed by atoms with E-state index in [-0.39, 0.29) is 0 Å². The Hall–Kier alpha value is -1.18. The number of halogens is 2. The van der Waals surface area contributed by atoms with Gasteiger partial charge in [-0.05, 0) is 24.6 Å². The minimum atomic E-state index is 0.540. The highest BCUT2D eigenvalue weighted by Crippen LogP contribution is 2.38. The van der Waals surface area contributed by atoms with Crippen LogP contribution in [0.25, 0.3) is 11.1 Å². The normalized spacial score (nSPS) is 10.3. The van der Waals surface area contributed by atoms with Crippen molar-refractivity contribution in [1.29, 1.82) is 0 Å². The predicted molar refractivity (Wildman–Crippen MR) is 73.1 cm³/mol. The van der Waals surface area contributed by atoms with Crippen LogP contribution in [0.4, 0.5) is 0 Å². The molecule has 0 atom stereocenters. The Bertz CT molecular complexity index is 509. The van der Waals surface area contributed by atoms with E-state index in [1.807, 2.05) is 43.3 Å². The van der Waals surface area contributed by atoms with Crippen molar-refractivity contribution in [2.24, 2.45) is 0 Å². The maximum absolute atomic E-state index is 6.15. The Kier molecular flexibility index (Phi) is 3.93. The van der Waals surface area contributed by atoms with Crippen LogP contribution in [0.3, 0.4) is 0 Å². The zero-order valence-electron chi connectivity index (χ0n) is 9.41. The highest BCUT2D eigenvalue weighted by Gasteiger charge is 2.11. The van der Waals surface area contributed by atoms with E-state index in [4.69, 9.17) is 27.9 Å². The van der Waals surface area contributed by atoms with E-state index in [0.717, 1.165) is 11.1 Å². The zero-order chi connectivity index (χ0) is 12.3. The third-order valence-corrected chi connectivity index (χ3v) is 2.88. The van der Waals surface area contributed by atoms with Gasteiger partial charge in [0.25, 0.3) is 0 Å². The molecule has 0 aliphatic rings. The fraction of sp³-hybridized carbons (Fsp3) is 0.143. The highest BCUT2D eigenvalue weighted by molar-refractivity contribution is 6.36. The quantitative estimate of drug-likeness (QED) is 0.755. The highest BCUT2D eigenvalue weighted by atomic mass is 35.5. The number of hydrogen-bond acceptors (Lipinski definition) is 1. The third kappa shape index (κ3) is 2.74. The van der Waals surface area contributed by atoms with Crippen LogP contribution in [-0.4, -0.2) is 6.61 Å². The summed E-state index contributed by atoms with van der Waals surface area (Å²) in [7, 11) is 0. The molecule has 0 bridgehead atoms. The molecule has 0 unspecified atom stereocenters. The first-order valence-electron chi connectivity index (χ1n) is 5.39. The fourth-order valence-electron chi connectivity index (χ4n) is 1.68. The Morgan fingerprint density at radius 2 is 1.76 bits per heavy atom. The summed E-state index contributed by atoms with van der Waals surface area (Å²) in [5.41, 5.74) is 1.96. The van der Waals surface area contributed by atoms with Gasteiger partial charge in [0.15, 0.2) is 0 Å². The summed E-state index contributed by atoms with van der Waals surface area (Å²) in [5, 5.41) is 1.15. The summed E-state index contributed by atoms with van der Waals surface area (Å²) in [6.45, 7) is 2.50. The topological polar surface area (TPSA) is 9.23 Å². The zero-order valence-corrected chi connectivity index (χ0v) is 10.9. The minimum absolute atomic E-state index is 0.540. The average molecular weight is 267 g/mol. The summed E-state index contributed by atoms with van der Waals surface area (Å²) in [6.07, 6.45) is 0. The van der Waals surface area contributed by atoms with E-state index in [1.165, 1.54) is 0 Å². The number of rotatable bonds is 3. The van der Waals surface area contributed by atoms with Crippen molar-refractivity contribution in [3.63, 3.8) is 0 Å². The molecule has 2 rings (SSSR count). The van der Waals surface area contributed by atoms with E-state index in [0.29, 0.717) is 22.4 Å². The lowest BCUT2D eigenvalue weighted by Gasteiger charge is -2.12. The minimum Gasteiger partial charge on any atom is -0.492 e. The molecule has 2 aromatic rings. The van der Waals surface area contributed by atoms with Crippen LogP contribution in [-0.2, 0) is 0 Å². The van der Waals surface area contributed by atoms with E-state index >= 15 is 0 Å².